The lowest BCUT2D eigenvalue weighted by atomic mass is 9.99. The van der Waals surface area contributed by atoms with Crippen molar-refractivity contribution in [2.24, 2.45) is 0 Å². The van der Waals surface area contributed by atoms with Gasteiger partial charge in [0.05, 0.1) is 5.56 Å². The quantitative estimate of drug-likeness (QED) is 0.748. The third-order valence-corrected chi connectivity index (χ3v) is 4.81. The van der Waals surface area contributed by atoms with Crippen LogP contribution >= 0.6 is 0 Å². The van der Waals surface area contributed by atoms with Crippen LogP contribution in [0.4, 0.5) is 13.2 Å². The molecule has 0 spiro atoms. The van der Waals surface area contributed by atoms with Gasteiger partial charge in [-0.15, -0.1) is 0 Å². The van der Waals surface area contributed by atoms with E-state index in [0.717, 1.165) is 12.1 Å². The predicted molar refractivity (Wildman–Crippen MR) is 86.3 cm³/mol. The number of aromatic nitrogens is 1. The topological polar surface area (TPSA) is 80.4 Å². The fourth-order valence-electron chi connectivity index (χ4n) is 2.59. The molecule has 0 aliphatic carbocycles. The van der Waals surface area contributed by atoms with Crippen molar-refractivity contribution in [2.75, 3.05) is 6.26 Å². The highest BCUT2D eigenvalue weighted by molar-refractivity contribution is 7.90. The molecule has 136 valence electrons. The molecule has 5 nitrogen and oxygen atoms in total. The summed E-state index contributed by atoms with van der Waals surface area (Å²) in [6, 6.07) is 6.74. The summed E-state index contributed by atoms with van der Waals surface area (Å²) in [6.45, 7) is -0.611. The molecule has 3 aromatic rings. The van der Waals surface area contributed by atoms with Crippen LogP contribution in [0.3, 0.4) is 0 Å². The van der Waals surface area contributed by atoms with Crippen LogP contribution in [-0.2, 0) is 16.4 Å². The average molecular weight is 383 g/mol. The first kappa shape index (κ1) is 18.2. The van der Waals surface area contributed by atoms with Crippen LogP contribution < -0.4 is 0 Å². The second-order valence-corrected chi connectivity index (χ2v) is 7.49. The molecule has 0 atom stereocenters. The summed E-state index contributed by atoms with van der Waals surface area (Å²) in [5.74, 6) is -3.12. The molecule has 0 bridgehead atoms. The molecule has 1 N–H and O–H groups in total. The van der Waals surface area contributed by atoms with E-state index < -0.39 is 38.8 Å². The van der Waals surface area contributed by atoms with Gasteiger partial charge in [-0.25, -0.2) is 21.6 Å². The van der Waals surface area contributed by atoms with Crippen LogP contribution in [-0.4, -0.2) is 24.9 Å². The first-order chi connectivity index (χ1) is 12.2. The number of hydrogen-bond donors (Lipinski definition) is 1. The smallest absolute Gasteiger partial charge is 0.181 e. The lowest BCUT2D eigenvalue weighted by molar-refractivity contribution is 0.230. The number of halogens is 3. The molecule has 0 amide bonds. The Morgan fingerprint density at radius 1 is 1.04 bits per heavy atom. The van der Waals surface area contributed by atoms with Gasteiger partial charge < -0.3 is 9.63 Å². The van der Waals surface area contributed by atoms with E-state index in [-0.39, 0.29) is 22.6 Å². The number of aliphatic hydroxyl groups is 1. The minimum atomic E-state index is -4.11. The lowest BCUT2D eigenvalue weighted by Gasteiger charge is -2.08. The summed E-state index contributed by atoms with van der Waals surface area (Å²) in [5, 5.41) is 13.2. The Bertz CT molecular complexity index is 1050. The summed E-state index contributed by atoms with van der Waals surface area (Å²) >= 11 is 0. The largest absolute Gasteiger partial charge is 0.388 e. The van der Waals surface area contributed by atoms with Crippen molar-refractivity contribution >= 4 is 9.84 Å². The van der Waals surface area contributed by atoms with Crippen molar-refractivity contribution in [1.82, 2.24) is 5.16 Å². The molecule has 26 heavy (non-hydrogen) atoms. The van der Waals surface area contributed by atoms with E-state index in [0.29, 0.717) is 11.8 Å². The van der Waals surface area contributed by atoms with Gasteiger partial charge in [-0.2, -0.15) is 0 Å². The maximum atomic E-state index is 14.2. The summed E-state index contributed by atoms with van der Waals surface area (Å²) in [6.07, 6.45) is 0.691. The van der Waals surface area contributed by atoms with Gasteiger partial charge >= 0.3 is 0 Å². The van der Waals surface area contributed by atoms with E-state index >= 15 is 0 Å². The molecule has 3 rings (SSSR count). The Balaban J connectivity index is 2.24. The lowest BCUT2D eigenvalue weighted by Crippen LogP contribution is -2.05. The Morgan fingerprint density at radius 2 is 1.62 bits per heavy atom. The molecule has 1 aromatic heterocycles. The Kier molecular flexibility index (Phi) is 4.59. The van der Waals surface area contributed by atoms with E-state index in [2.05, 4.69) is 5.16 Å². The van der Waals surface area contributed by atoms with Crippen molar-refractivity contribution in [1.29, 1.82) is 0 Å². The van der Waals surface area contributed by atoms with Gasteiger partial charge in [0.2, 0.25) is 0 Å². The molecular weight excluding hydrogens is 371 g/mol. The minimum Gasteiger partial charge on any atom is -0.388 e. The van der Waals surface area contributed by atoms with Gasteiger partial charge in [0.1, 0.15) is 34.6 Å². The SMILES string of the molecule is CS(=O)(=O)c1c(F)cc(-c2c(-c3ccc(F)cc3)noc2CO)cc1F. The number of nitrogens with zero attached hydrogens (tertiary/aromatic N) is 1. The van der Waals surface area contributed by atoms with Crippen molar-refractivity contribution in [2.45, 2.75) is 11.5 Å². The van der Waals surface area contributed by atoms with Crippen LogP contribution in [0.2, 0.25) is 0 Å². The molecular formula is C17H12F3NO4S. The Morgan fingerprint density at radius 3 is 2.12 bits per heavy atom. The number of sulfone groups is 1. The van der Waals surface area contributed by atoms with Crippen LogP contribution in [0.5, 0.6) is 0 Å². The van der Waals surface area contributed by atoms with Gasteiger partial charge in [-0.05, 0) is 42.0 Å². The number of hydrogen-bond acceptors (Lipinski definition) is 5. The fraction of sp³-hybridized carbons (Fsp3) is 0.118. The van der Waals surface area contributed by atoms with Crippen LogP contribution in [0.25, 0.3) is 22.4 Å². The minimum absolute atomic E-state index is 0.0722. The molecule has 9 heteroatoms. The Hall–Kier alpha value is -2.65. The molecule has 0 saturated heterocycles. The maximum Gasteiger partial charge on any atom is 0.181 e. The summed E-state index contributed by atoms with van der Waals surface area (Å²) in [4.78, 5) is -1.05. The van der Waals surface area contributed by atoms with Crippen molar-refractivity contribution in [3.8, 4) is 22.4 Å². The highest BCUT2D eigenvalue weighted by atomic mass is 32.2. The first-order valence-electron chi connectivity index (χ1n) is 7.27. The standard InChI is InChI=1S/C17H12F3NO4S/c1-26(23,24)17-12(19)6-10(7-13(17)20)15-14(8-22)25-21-16(15)9-2-4-11(18)5-3-9/h2-7,22H,8H2,1H3. The molecule has 0 saturated carbocycles. The number of aliphatic hydroxyl groups excluding tert-OH is 1. The van der Waals surface area contributed by atoms with Crippen molar-refractivity contribution < 1.29 is 31.2 Å². The van der Waals surface area contributed by atoms with E-state index in [9.17, 15) is 26.7 Å². The highest BCUT2D eigenvalue weighted by Crippen LogP contribution is 2.36. The summed E-state index contributed by atoms with van der Waals surface area (Å²) in [7, 11) is -4.11. The van der Waals surface area contributed by atoms with E-state index in [1.807, 2.05) is 0 Å². The van der Waals surface area contributed by atoms with Crippen LogP contribution in [0, 0.1) is 17.5 Å². The van der Waals surface area contributed by atoms with E-state index in [4.69, 9.17) is 4.52 Å². The molecule has 1 heterocycles. The number of benzene rings is 2. The summed E-state index contributed by atoms with van der Waals surface area (Å²) in [5.41, 5.74) is 0.520. The van der Waals surface area contributed by atoms with Crippen molar-refractivity contribution in [3.05, 3.63) is 59.6 Å². The fourth-order valence-corrected chi connectivity index (χ4v) is 3.42. The average Bonchev–Trinajstić information content (AvgIpc) is 2.97. The second-order valence-electron chi connectivity index (χ2n) is 5.54. The predicted octanol–water partition coefficient (Wildman–Crippen LogP) is 3.32. The highest BCUT2D eigenvalue weighted by Gasteiger charge is 2.25. The zero-order chi connectivity index (χ0) is 19.1. The molecule has 0 fully saturated rings. The normalized spacial score (nSPS) is 11.7. The van der Waals surface area contributed by atoms with Gasteiger partial charge in [-0.3, -0.25) is 0 Å². The third kappa shape index (κ3) is 3.23. The van der Waals surface area contributed by atoms with Gasteiger partial charge in [0.25, 0.3) is 0 Å². The molecule has 0 unspecified atom stereocenters. The first-order valence-corrected chi connectivity index (χ1v) is 9.16. The number of rotatable bonds is 4. The summed E-state index contributed by atoms with van der Waals surface area (Å²) < 4.78 is 69.7. The molecule has 0 aliphatic heterocycles. The maximum absolute atomic E-state index is 14.2. The van der Waals surface area contributed by atoms with E-state index in [1.54, 1.807) is 0 Å². The third-order valence-electron chi connectivity index (χ3n) is 3.68. The monoisotopic (exact) mass is 383 g/mol. The van der Waals surface area contributed by atoms with Gasteiger partial charge in [-0.1, -0.05) is 5.16 Å². The van der Waals surface area contributed by atoms with Gasteiger partial charge in [0, 0.05) is 11.8 Å². The van der Waals surface area contributed by atoms with Crippen LogP contribution in [0.1, 0.15) is 5.76 Å². The van der Waals surface area contributed by atoms with E-state index in [1.165, 1.54) is 24.3 Å². The zero-order valence-corrected chi connectivity index (χ0v) is 14.1. The van der Waals surface area contributed by atoms with Crippen molar-refractivity contribution in [3.63, 3.8) is 0 Å². The molecule has 0 aliphatic rings. The second kappa shape index (κ2) is 6.58. The molecule has 2 aromatic carbocycles. The van der Waals surface area contributed by atoms with Gasteiger partial charge in [0.15, 0.2) is 15.6 Å². The Labute approximate surface area is 146 Å². The molecule has 0 radical (unpaired) electrons. The zero-order valence-electron chi connectivity index (χ0n) is 13.3. The van der Waals surface area contributed by atoms with Crippen LogP contribution in [0.15, 0.2) is 45.8 Å².